The second-order valence-electron chi connectivity index (χ2n) is 5.67. The van der Waals surface area contributed by atoms with Crippen LogP contribution in [0.1, 0.15) is 27.2 Å². The summed E-state index contributed by atoms with van der Waals surface area (Å²) in [7, 11) is 0. The van der Waals surface area contributed by atoms with Gasteiger partial charge in [-0.25, -0.2) is 4.79 Å². The Balaban J connectivity index is 2.01. The van der Waals surface area contributed by atoms with Gasteiger partial charge in [0.15, 0.2) is 0 Å². The first kappa shape index (κ1) is 12.6. The maximum atomic E-state index is 12.1. The van der Waals surface area contributed by atoms with E-state index in [4.69, 9.17) is 9.47 Å². The predicted octanol–water partition coefficient (Wildman–Crippen LogP) is 0.984. The van der Waals surface area contributed by atoms with Crippen LogP contribution in [0.3, 0.4) is 0 Å². The Bertz CT molecular complexity index is 286. The third kappa shape index (κ3) is 3.10. The zero-order valence-electron chi connectivity index (χ0n) is 10.9. The van der Waals surface area contributed by atoms with E-state index < -0.39 is 5.60 Å². The van der Waals surface area contributed by atoms with E-state index in [-0.39, 0.29) is 12.1 Å². The molecule has 0 radical (unpaired) electrons. The molecule has 98 valence electrons. The van der Waals surface area contributed by atoms with Gasteiger partial charge in [0.2, 0.25) is 0 Å². The van der Waals surface area contributed by atoms with Crippen molar-refractivity contribution in [3.8, 4) is 0 Å². The molecule has 0 spiro atoms. The largest absolute Gasteiger partial charge is 0.444 e. The van der Waals surface area contributed by atoms with Crippen LogP contribution in [0.2, 0.25) is 0 Å². The lowest BCUT2D eigenvalue weighted by atomic mass is 10.00. The van der Waals surface area contributed by atoms with Gasteiger partial charge in [-0.05, 0) is 27.2 Å². The fourth-order valence-electron chi connectivity index (χ4n) is 2.35. The lowest BCUT2D eigenvalue weighted by Gasteiger charge is -2.44. The van der Waals surface area contributed by atoms with Crippen molar-refractivity contribution < 1.29 is 14.3 Å². The smallest absolute Gasteiger partial charge is 0.410 e. The summed E-state index contributed by atoms with van der Waals surface area (Å²) in [6.45, 7) is 8.58. The summed E-state index contributed by atoms with van der Waals surface area (Å²) in [5.74, 6) is 0. The van der Waals surface area contributed by atoms with Crippen molar-refractivity contribution in [3.63, 3.8) is 0 Å². The minimum Gasteiger partial charge on any atom is -0.444 e. The Labute approximate surface area is 102 Å². The molecule has 0 aliphatic carbocycles. The summed E-state index contributed by atoms with van der Waals surface area (Å²) in [6.07, 6.45) is 0.740. The molecular formula is C12H22N2O3. The van der Waals surface area contributed by atoms with E-state index in [0.29, 0.717) is 19.2 Å². The summed E-state index contributed by atoms with van der Waals surface area (Å²) >= 11 is 0. The molecule has 5 heteroatoms. The fraction of sp³-hybridized carbons (Fsp3) is 0.917. The molecule has 5 nitrogen and oxygen atoms in total. The highest BCUT2D eigenvalue weighted by Gasteiger charge is 2.38. The standard InChI is InChI=1S/C12H22N2O3/c1-12(2,3)17-11(15)14-6-5-13-9-4-7-16-8-10(9)14/h9-10,13H,4-8H2,1-3H3. The Morgan fingerprint density at radius 1 is 1.47 bits per heavy atom. The van der Waals surface area contributed by atoms with Crippen LogP contribution in [-0.4, -0.2) is 55.0 Å². The monoisotopic (exact) mass is 242 g/mol. The molecular weight excluding hydrogens is 220 g/mol. The number of hydrogen-bond donors (Lipinski definition) is 1. The molecule has 1 N–H and O–H groups in total. The number of ether oxygens (including phenoxy) is 2. The Kier molecular flexibility index (Phi) is 3.58. The van der Waals surface area contributed by atoms with Gasteiger partial charge in [0.25, 0.3) is 0 Å². The van der Waals surface area contributed by atoms with Crippen molar-refractivity contribution in [2.45, 2.75) is 44.9 Å². The maximum absolute atomic E-state index is 12.1. The number of amides is 1. The van der Waals surface area contributed by atoms with Crippen molar-refractivity contribution in [2.24, 2.45) is 0 Å². The van der Waals surface area contributed by atoms with Crippen molar-refractivity contribution in [1.82, 2.24) is 10.2 Å². The van der Waals surface area contributed by atoms with Crippen LogP contribution in [0.5, 0.6) is 0 Å². The van der Waals surface area contributed by atoms with Crippen LogP contribution < -0.4 is 5.32 Å². The van der Waals surface area contributed by atoms with Crippen molar-refractivity contribution in [1.29, 1.82) is 0 Å². The number of nitrogens with zero attached hydrogens (tertiary/aromatic N) is 1. The molecule has 2 heterocycles. The van der Waals surface area contributed by atoms with Crippen molar-refractivity contribution >= 4 is 6.09 Å². The van der Waals surface area contributed by atoms with Gasteiger partial charge in [0, 0.05) is 25.7 Å². The Morgan fingerprint density at radius 3 is 2.94 bits per heavy atom. The van der Waals surface area contributed by atoms with Gasteiger partial charge in [-0.2, -0.15) is 0 Å². The lowest BCUT2D eigenvalue weighted by Crippen LogP contribution is -2.63. The molecule has 0 aromatic carbocycles. The zero-order chi connectivity index (χ0) is 12.5. The molecule has 2 aliphatic heterocycles. The number of carbonyl (C=O) groups excluding carboxylic acids is 1. The summed E-state index contributed by atoms with van der Waals surface area (Å²) in [5.41, 5.74) is -0.438. The quantitative estimate of drug-likeness (QED) is 0.688. The van der Waals surface area contributed by atoms with Gasteiger partial charge in [0.05, 0.1) is 12.6 Å². The van der Waals surface area contributed by atoms with Crippen molar-refractivity contribution in [3.05, 3.63) is 0 Å². The first-order valence-corrected chi connectivity index (χ1v) is 6.28. The van der Waals surface area contributed by atoms with Gasteiger partial charge in [0.1, 0.15) is 5.60 Å². The minimum absolute atomic E-state index is 0.118. The first-order chi connectivity index (χ1) is 7.97. The van der Waals surface area contributed by atoms with E-state index in [1.54, 1.807) is 0 Å². The zero-order valence-corrected chi connectivity index (χ0v) is 10.9. The molecule has 0 saturated carbocycles. The highest BCUT2D eigenvalue weighted by atomic mass is 16.6. The fourth-order valence-corrected chi connectivity index (χ4v) is 2.35. The molecule has 0 aromatic heterocycles. The Morgan fingerprint density at radius 2 is 2.24 bits per heavy atom. The van der Waals surface area contributed by atoms with E-state index in [2.05, 4.69) is 5.32 Å². The second kappa shape index (κ2) is 4.82. The topological polar surface area (TPSA) is 50.8 Å². The summed E-state index contributed by atoms with van der Waals surface area (Å²) in [5, 5.41) is 3.44. The first-order valence-electron chi connectivity index (χ1n) is 6.28. The number of fused-ring (bicyclic) bond motifs is 1. The van der Waals surface area contributed by atoms with Crippen molar-refractivity contribution in [2.75, 3.05) is 26.3 Å². The number of piperazine rings is 1. The average Bonchev–Trinajstić information content (AvgIpc) is 2.26. The third-order valence-corrected chi connectivity index (χ3v) is 3.11. The van der Waals surface area contributed by atoms with E-state index in [1.165, 1.54) is 0 Å². The van der Waals surface area contributed by atoms with Gasteiger partial charge in [-0.1, -0.05) is 0 Å². The number of carbonyl (C=O) groups is 1. The highest BCUT2D eigenvalue weighted by molar-refractivity contribution is 5.69. The average molecular weight is 242 g/mol. The minimum atomic E-state index is -0.438. The van der Waals surface area contributed by atoms with Crippen LogP contribution in [0, 0.1) is 0 Å². The molecule has 2 saturated heterocycles. The maximum Gasteiger partial charge on any atom is 0.410 e. The van der Waals surface area contributed by atoms with Crippen LogP contribution in [0.4, 0.5) is 4.79 Å². The van der Waals surface area contributed by atoms with Gasteiger partial charge < -0.3 is 19.7 Å². The summed E-state index contributed by atoms with van der Waals surface area (Å²) in [6, 6.07) is 0.470. The lowest BCUT2D eigenvalue weighted by molar-refractivity contribution is -0.0370. The van der Waals surface area contributed by atoms with Crippen LogP contribution in [-0.2, 0) is 9.47 Å². The second-order valence-corrected chi connectivity index (χ2v) is 5.67. The molecule has 2 aliphatic rings. The molecule has 0 aromatic rings. The number of hydrogen-bond acceptors (Lipinski definition) is 4. The normalized spacial score (nSPS) is 29.7. The molecule has 17 heavy (non-hydrogen) atoms. The summed E-state index contributed by atoms with van der Waals surface area (Å²) < 4.78 is 10.9. The molecule has 1 amide bonds. The number of rotatable bonds is 0. The van der Waals surface area contributed by atoms with Gasteiger partial charge in [-0.3, -0.25) is 0 Å². The van der Waals surface area contributed by atoms with E-state index >= 15 is 0 Å². The molecule has 2 fully saturated rings. The Hall–Kier alpha value is -0.810. The van der Waals surface area contributed by atoms with E-state index in [0.717, 1.165) is 19.6 Å². The molecule has 2 atom stereocenters. The van der Waals surface area contributed by atoms with Crippen LogP contribution >= 0.6 is 0 Å². The van der Waals surface area contributed by atoms with Gasteiger partial charge >= 0.3 is 6.09 Å². The molecule has 2 unspecified atom stereocenters. The van der Waals surface area contributed by atoms with Crippen LogP contribution in [0.15, 0.2) is 0 Å². The summed E-state index contributed by atoms with van der Waals surface area (Å²) in [4.78, 5) is 13.9. The van der Waals surface area contributed by atoms with E-state index in [1.807, 2.05) is 25.7 Å². The van der Waals surface area contributed by atoms with Crippen LogP contribution in [0.25, 0.3) is 0 Å². The molecule has 2 rings (SSSR count). The third-order valence-electron chi connectivity index (χ3n) is 3.11. The highest BCUT2D eigenvalue weighted by Crippen LogP contribution is 2.20. The molecule has 0 bridgehead atoms. The number of nitrogens with one attached hydrogen (secondary N) is 1. The SMILES string of the molecule is CC(C)(C)OC(=O)N1CCNC2CCOCC21. The van der Waals surface area contributed by atoms with Gasteiger partial charge in [-0.15, -0.1) is 0 Å². The van der Waals surface area contributed by atoms with E-state index in [9.17, 15) is 4.79 Å². The predicted molar refractivity (Wildman–Crippen MR) is 64.0 cm³/mol.